The molecule has 0 saturated carbocycles. The standard InChI is InChI=1S/C19H15N3O6S/c1-27-14-7-8-15-16(10-14)29-19(20-15)21-17(23)11-28-18(24)9-4-12-2-5-13(6-3-12)22(25)26/h2-10H,11H2,1H3,(H,20,21,23). The fraction of sp³-hybridized carbons (Fsp3) is 0.105. The molecule has 29 heavy (non-hydrogen) atoms. The van der Waals surface area contributed by atoms with E-state index in [1.165, 1.54) is 41.7 Å². The second-order valence-corrected chi connectivity index (χ2v) is 6.72. The molecule has 2 aromatic carbocycles. The van der Waals surface area contributed by atoms with Crippen LogP contribution in [0.25, 0.3) is 16.3 Å². The number of fused-ring (bicyclic) bond motifs is 1. The number of nitrogens with zero attached hydrogens (tertiary/aromatic N) is 2. The highest BCUT2D eigenvalue weighted by Crippen LogP contribution is 2.29. The summed E-state index contributed by atoms with van der Waals surface area (Å²) in [7, 11) is 1.56. The molecular formula is C19H15N3O6S. The van der Waals surface area contributed by atoms with E-state index < -0.39 is 23.4 Å². The van der Waals surface area contributed by atoms with Gasteiger partial charge in [0.05, 0.1) is 22.2 Å². The third kappa shape index (κ3) is 5.36. The van der Waals surface area contributed by atoms with Crippen molar-refractivity contribution in [3.63, 3.8) is 0 Å². The van der Waals surface area contributed by atoms with Crippen LogP contribution in [0.3, 0.4) is 0 Å². The smallest absolute Gasteiger partial charge is 0.331 e. The molecular weight excluding hydrogens is 398 g/mol. The van der Waals surface area contributed by atoms with Crippen molar-refractivity contribution in [2.24, 2.45) is 0 Å². The molecule has 0 radical (unpaired) electrons. The Hall–Kier alpha value is -3.79. The molecule has 0 saturated heterocycles. The van der Waals surface area contributed by atoms with Crippen molar-refractivity contribution in [3.8, 4) is 5.75 Å². The lowest BCUT2D eigenvalue weighted by Gasteiger charge is -2.02. The number of nitrogens with one attached hydrogen (secondary N) is 1. The highest BCUT2D eigenvalue weighted by molar-refractivity contribution is 7.22. The first kappa shape index (κ1) is 20.0. The maximum atomic E-state index is 12.0. The van der Waals surface area contributed by atoms with Crippen molar-refractivity contribution in [1.29, 1.82) is 0 Å². The van der Waals surface area contributed by atoms with Crippen LogP contribution in [0.5, 0.6) is 5.75 Å². The number of anilines is 1. The molecule has 0 aliphatic carbocycles. The van der Waals surface area contributed by atoms with Crippen molar-refractivity contribution in [2.75, 3.05) is 19.0 Å². The summed E-state index contributed by atoms with van der Waals surface area (Å²) in [5.74, 6) is -0.548. The number of amides is 1. The number of esters is 1. The molecule has 1 aromatic heterocycles. The van der Waals surface area contributed by atoms with Gasteiger partial charge in [0.25, 0.3) is 11.6 Å². The summed E-state index contributed by atoms with van der Waals surface area (Å²) >= 11 is 1.27. The van der Waals surface area contributed by atoms with Gasteiger partial charge in [0.1, 0.15) is 5.75 Å². The quantitative estimate of drug-likeness (QED) is 0.273. The van der Waals surface area contributed by atoms with Crippen molar-refractivity contribution < 1.29 is 24.0 Å². The summed E-state index contributed by atoms with van der Waals surface area (Å²) in [4.78, 5) is 38.1. The summed E-state index contributed by atoms with van der Waals surface area (Å²) in [5, 5.41) is 13.6. The lowest BCUT2D eigenvalue weighted by molar-refractivity contribution is -0.384. The van der Waals surface area contributed by atoms with E-state index >= 15 is 0 Å². The summed E-state index contributed by atoms with van der Waals surface area (Å²) in [6.07, 6.45) is 2.57. The Morgan fingerprint density at radius 1 is 1.24 bits per heavy atom. The van der Waals surface area contributed by atoms with Gasteiger partial charge in [0.2, 0.25) is 0 Å². The van der Waals surface area contributed by atoms with E-state index in [2.05, 4.69) is 10.3 Å². The highest BCUT2D eigenvalue weighted by Gasteiger charge is 2.10. The number of ether oxygens (including phenoxy) is 2. The first-order valence-electron chi connectivity index (χ1n) is 8.28. The van der Waals surface area contributed by atoms with Gasteiger partial charge in [-0.05, 0) is 42.0 Å². The number of nitro benzene ring substituents is 1. The van der Waals surface area contributed by atoms with Gasteiger partial charge in [-0.3, -0.25) is 20.2 Å². The minimum absolute atomic E-state index is 0.0466. The van der Waals surface area contributed by atoms with Gasteiger partial charge in [-0.15, -0.1) is 0 Å². The molecule has 0 fully saturated rings. The van der Waals surface area contributed by atoms with Crippen molar-refractivity contribution in [3.05, 3.63) is 64.2 Å². The third-order valence-corrected chi connectivity index (χ3v) is 4.64. The van der Waals surface area contributed by atoms with Crippen molar-refractivity contribution in [1.82, 2.24) is 4.98 Å². The molecule has 3 aromatic rings. The van der Waals surface area contributed by atoms with Crippen molar-refractivity contribution in [2.45, 2.75) is 0 Å². The number of benzene rings is 2. The topological polar surface area (TPSA) is 121 Å². The summed E-state index contributed by atoms with van der Waals surface area (Å²) in [5.41, 5.74) is 1.26. The zero-order chi connectivity index (χ0) is 20.8. The van der Waals surface area contributed by atoms with Gasteiger partial charge in [-0.25, -0.2) is 9.78 Å². The van der Waals surface area contributed by atoms with E-state index in [0.717, 1.165) is 10.8 Å². The van der Waals surface area contributed by atoms with E-state index in [4.69, 9.17) is 9.47 Å². The zero-order valence-electron chi connectivity index (χ0n) is 15.2. The van der Waals surface area contributed by atoms with Gasteiger partial charge in [-0.1, -0.05) is 11.3 Å². The molecule has 9 nitrogen and oxygen atoms in total. The number of carbonyl (C=O) groups is 2. The SMILES string of the molecule is COc1ccc2nc(NC(=O)COC(=O)C=Cc3ccc([N+](=O)[O-])cc3)sc2c1. The van der Waals surface area contributed by atoms with Crippen LogP contribution in [0, 0.1) is 10.1 Å². The molecule has 1 heterocycles. The first-order chi connectivity index (χ1) is 13.9. The number of thiazole rings is 1. The number of nitro groups is 1. The largest absolute Gasteiger partial charge is 0.497 e. The van der Waals surface area contributed by atoms with E-state index in [0.29, 0.717) is 22.0 Å². The van der Waals surface area contributed by atoms with Crippen LogP contribution in [-0.2, 0) is 14.3 Å². The van der Waals surface area contributed by atoms with Crippen LogP contribution in [0.15, 0.2) is 48.5 Å². The molecule has 0 aliphatic rings. The highest BCUT2D eigenvalue weighted by atomic mass is 32.1. The van der Waals surface area contributed by atoms with E-state index in [1.807, 2.05) is 6.07 Å². The second-order valence-electron chi connectivity index (χ2n) is 5.69. The minimum atomic E-state index is -0.715. The van der Waals surface area contributed by atoms with Gasteiger partial charge in [0, 0.05) is 18.2 Å². The van der Waals surface area contributed by atoms with Crippen LogP contribution >= 0.6 is 11.3 Å². The van der Waals surface area contributed by atoms with E-state index in [-0.39, 0.29) is 5.69 Å². The molecule has 10 heteroatoms. The number of aromatic nitrogens is 1. The van der Waals surface area contributed by atoms with Gasteiger partial charge in [-0.2, -0.15) is 0 Å². The number of rotatable bonds is 7. The fourth-order valence-electron chi connectivity index (χ4n) is 2.30. The molecule has 0 bridgehead atoms. The zero-order valence-corrected chi connectivity index (χ0v) is 16.0. The molecule has 3 rings (SSSR count). The number of hydrogen-bond donors (Lipinski definition) is 1. The summed E-state index contributed by atoms with van der Waals surface area (Å²) < 4.78 is 10.9. The van der Waals surface area contributed by atoms with Crippen LogP contribution in [0.1, 0.15) is 5.56 Å². The number of methoxy groups -OCH3 is 1. The average Bonchev–Trinajstić information content (AvgIpc) is 3.12. The summed E-state index contributed by atoms with van der Waals surface area (Å²) in [6.45, 7) is -0.470. The minimum Gasteiger partial charge on any atom is -0.497 e. The molecule has 1 N–H and O–H groups in total. The average molecular weight is 413 g/mol. The van der Waals surface area contributed by atoms with E-state index in [1.54, 1.807) is 19.2 Å². The first-order valence-corrected chi connectivity index (χ1v) is 9.10. The van der Waals surface area contributed by atoms with Crippen molar-refractivity contribution >= 4 is 50.3 Å². The van der Waals surface area contributed by atoms with Crippen LogP contribution in [0.2, 0.25) is 0 Å². The molecule has 0 atom stereocenters. The number of carbonyl (C=O) groups excluding carboxylic acids is 2. The van der Waals surface area contributed by atoms with E-state index in [9.17, 15) is 19.7 Å². The Balaban J connectivity index is 1.50. The summed E-state index contributed by atoms with van der Waals surface area (Å²) in [6, 6.07) is 11.0. The van der Waals surface area contributed by atoms with Gasteiger partial charge >= 0.3 is 5.97 Å². The maximum absolute atomic E-state index is 12.0. The third-order valence-electron chi connectivity index (χ3n) is 3.70. The molecule has 148 valence electrons. The van der Waals surface area contributed by atoms with Crippen LogP contribution < -0.4 is 10.1 Å². The predicted molar refractivity (Wildman–Crippen MR) is 108 cm³/mol. The monoisotopic (exact) mass is 413 g/mol. The fourth-order valence-corrected chi connectivity index (χ4v) is 3.21. The number of hydrogen-bond acceptors (Lipinski definition) is 8. The van der Waals surface area contributed by atoms with Crippen LogP contribution in [-0.4, -0.2) is 35.5 Å². The molecule has 0 spiro atoms. The molecule has 1 amide bonds. The Bertz CT molecular complexity index is 1090. The second kappa shape index (κ2) is 8.93. The Kier molecular flexibility index (Phi) is 6.15. The Morgan fingerprint density at radius 3 is 2.69 bits per heavy atom. The normalized spacial score (nSPS) is 10.8. The molecule has 0 aliphatic heterocycles. The Labute approximate surface area is 168 Å². The lowest BCUT2D eigenvalue weighted by atomic mass is 10.2. The molecule has 0 unspecified atom stereocenters. The van der Waals surface area contributed by atoms with Gasteiger partial charge < -0.3 is 9.47 Å². The maximum Gasteiger partial charge on any atom is 0.331 e. The number of non-ortho nitro benzene ring substituents is 1. The predicted octanol–water partition coefficient (Wildman–Crippen LogP) is 3.41. The lowest BCUT2D eigenvalue weighted by Crippen LogP contribution is -2.19. The Morgan fingerprint density at radius 2 is 2.00 bits per heavy atom. The van der Waals surface area contributed by atoms with Gasteiger partial charge in [0.15, 0.2) is 11.7 Å². The van der Waals surface area contributed by atoms with Crippen LogP contribution in [0.4, 0.5) is 10.8 Å².